The molecule has 42 heavy (non-hydrogen) atoms. The molecule has 9 atom stereocenters. The summed E-state index contributed by atoms with van der Waals surface area (Å²) in [5.74, 6) is 0.221. The summed E-state index contributed by atoms with van der Waals surface area (Å²) in [6.45, 7) is -0.788. The van der Waals surface area contributed by atoms with Crippen LogP contribution in [0.15, 0.2) is 25.3 Å². The summed E-state index contributed by atoms with van der Waals surface area (Å²) in [5, 5.41) is 32.3. The summed E-state index contributed by atoms with van der Waals surface area (Å²) in [6.07, 6.45) is -5.47. The molecule has 21 heteroatoms. The summed E-state index contributed by atoms with van der Waals surface area (Å²) in [7, 11) is -3.54. The highest BCUT2D eigenvalue weighted by atomic mass is 31.2. The van der Waals surface area contributed by atoms with Crippen molar-refractivity contribution < 1.29 is 48.0 Å². The molecule has 4 aromatic heterocycles. The van der Waals surface area contributed by atoms with Crippen LogP contribution in [-0.4, -0.2) is 116 Å². The van der Waals surface area contributed by atoms with Gasteiger partial charge in [-0.1, -0.05) is 0 Å². The quantitative estimate of drug-likeness (QED) is 0.110. The number of ether oxygens (including phenoxy) is 3. The number of fused-ring (bicyclic) bond motifs is 2. The van der Waals surface area contributed by atoms with Gasteiger partial charge in [-0.3, -0.25) is 18.2 Å². The van der Waals surface area contributed by atoms with Gasteiger partial charge in [0.25, 0.3) is 0 Å². The number of rotatable bonds is 9. The van der Waals surface area contributed by atoms with Crippen molar-refractivity contribution in [1.29, 1.82) is 0 Å². The number of aliphatic hydroxyl groups excluding tert-OH is 3. The van der Waals surface area contributed by atoms with Crippen molar-refractivity contribution in [3.05, 3.63) is 25.3 Å². The molecule has 2 saturated heterocycles. The van der Waals surface area contributed by atoms with Gasteiger partial charge in [0.2, 0.25) is 0 Å². The van der Waals surface area contributed by atoms with Gasteiger partial charge in [0.1, 0.15) is 60.3 Å². The molecular weight excluding hydrogens is 583 g/mol. The summed E-state index contributed by atoms with van der Waals surface area (Å²) < 4.78 is 42.9. The smallest absolute Gasteiger partial charge is 0.387 e. The molecule has 0 saturated carbocycles. The molecule has 2 aliphatic rings. The fourth-order valence-electron chi connectivity index (χ4n) is 4.94. The van der Waals surface area contributed by atoms with Crippen LogP contribution in [0.5, 0.6) is 0 Å². The highest BCUT2D eigenvalue weighted by Crippen LogP contribution is 2.49. The lowest BCUT2D eigenvalue weighted by atomic mass is 10.1. The van der Waals surface area contributed by atoms with Gasteiger partial charge in [-0.05, 0) is 0 Å². The van der Waals surface area contributed by atoms with Crippen LogP contribution in [0.3, 0.4) is 0 Å². The van der Waals surface area contributed by atoms with Gasteiger partial charge in [0, 0.05) is 7.11 Å². The van der Waals surface area contributed by atoms with Crippen molar-refractivity contribution in [3.63, 3.8) is 0 Å². The monoisotopic (exact) mass is 610 g/mol. The first-order valence-corrected chi connectivity index (χ1v) is 13.9. The molecule has 6 heterocycles. The Kier molecular flexibility index (Phi) is 7.51. The first-order valence-electron chi connectivity index (χ1n) is 12.5. The summed E-state index contributed by atoms with van der Waals surface area (Å²) in [6, 6.07) is 0. The molecule has 0 aliphatic carbocycles. The molecule has 0 amide bonds. The van der Waals surface area contributed by atoms with Crippen molar-refractivity contribution in [2.24, 2.45) is 0 Å². The minimum atomic E-state index is -4.92. The van der Waals surface area contributed by atoms with E-state index in [1.807, 2.05) is 0 Å². The Morgan fingerprint density at radius 1 is 0.833 bits per heavy atom. The van der Waals surface area contributed by atoms with Crippen molar-refractivity contribution in [3.8, 4) is 0 Å². The van der Waals surface area contributed by atoms with Crippen LogP contribution in [0.25, 0.3) is 22.3 Å². The highest BCUT2D eigenvalue weighted by Gasteiger charge is 2.50. The highest BCUT2D eigenvalue weighted by molar-refractivity contribution is 7.47. The molecule has 0 radical (unpaired) electrons. The van der Waals surface area contributed by atoms with E-state index in [0.717, 1.165) is 0 Å². The average molecular weight is 610 g/mol. The number of imidazole rings is 2. The van der Waals surface area contributed by atoms with Gasteiger partial charge in [-0.15, -0.1) is 0 Å². The molecule has 2 fully saturated rings. The summed E-state index contributed by atoms with van der Waals surface area (Å²) >= 11 is 0. The zero-order chi connectivity index (χ0) is 29.8. The fourth-order valence-corrected chi connectivity index (χ4v) is 5.90. The molecular formula is C21H27N10O10P. The van der Waals surface area contributed by atoms with Crippen molar-refractivity contribution in [1.82, 2.24) is 39.0 Å². The lowest BCUT2D eigenvalue weighted by Gasteiger charge is -2.24. The second-order valence-electron chi connectivity index (χ2n) is 9.56. The first-order chi connectivity index (χ1) is 20.1. The van der Waals surface area contributed by atoms with E-state index in [1.165, 1.54) is 41.6 Å². The summed E-state index contributed by atoms with van der Waals surface area (Å²) in [5.41, 5.74) is 12.7. The van der Waals surface area contributed by atoms with Gasteiger partial charge in [-0.25, -0.2) is 34.5 Å². The number of phosphoric acid groups is 1. The van der Waals surface area contributed by atoms with Crippen LogP contribution in [-0.2, 0) is 27.8 Å². The third-order valence-electron chi connectivity index (χ3n) is 6.96. The van der Waals surface area contributed by atoms with Gasteiger partial charge < -0.3 is 45.9 Å². The number of aromatic nitrogens is 8. The number of hydrogen-bond acceptors (Lipinski definition) is 17. The van der Waals surface area contributed by atoms with Gasteiger partial charge >= 0.3 is 7.82 Å². The lowest BCUT2D eigenvalue weighted by molar-refractivity contribution is -0.0624. The second-order valence-corrected chi connectivity index (χ2v) is 11.0. The van der Waals surface area contributed by atoms with Crippen LogP contribution < -0.4 is 11.5 Å². The average Bonchev–Trinajstić information content (AvgIpc) is 3.71. The minimum absolute atomic E-state index is 0.107. The van der Waals surface area contributed by atoms with Crippen LogP contribution in [0.1, 0.15) is 12.5 Å². The van der Waals surface area contributed by atoms with E-state index in [9.17, 15) is 24.8 Å². The fraction of sp³-hybridized carbons (Fsp3) is 0.524. The zero-order valence-electron chi connectivity index (χ0n) is 21.8. The topological polar surface area (TPSA) is 283 Å². The standard InChI is InChI=1S/C21H27N10O10P/c1-37-2-9-15(14(34)21(40-9)31-7-29-11-17(23)25-5-27-19(11)31)41-42(35,36)38-3-8-12(32)13(33)20(39-8)30-6-28-10-16(22)24-4-26-18(10)30/h4-9,12-15,20-21,32-34H,2-3H2,1H3,(H,35,36)(H2,22,24,26)(H2,23,25,27)/t8-,9-,12?,13?,14?,15?,20-,21-/m1/s1. The molecule has 20 nitrogen and oxygen atoms in total. The Morgan fingerprint density at radius 3 is 1.95 bits per heavy atom. The van der Waals surface area contributed by atoms with Gasteiger partial charge in [0.15, 0.2) is 35.4 Å². The second kappa shape index (κ2) is 11.0. The number of phosphoric ester groups is 1. The van der Waals surface area contributed by atoms with E-state index in [2.05, 4.69) is 29.9 Å². The molecule has 0 aromatic carbocycles. The number of nitrogen functional groups attached to an aromatic ring is 2. The van der Waals surface area contributed by atoms with Crippen LogP contribution in [0.2, 0.25) is 0 Å². The predicted molar refractivity (Wildman–Crippen MR) is 138 cm³/mol. The number of anilines is 2. The lowest BCUT2D eigenvalue weighted by Crippen LogP contribution is -2.36. The number of aliphatic hydroxyl groups is 3. The molecule has 6 rings (SSSR count). The Balaban J connectivity index is 1.15. The third-order valence-corrected chi connectivity index (χ3v) is 7.94. The van der Waals surface area contributed by atoms with E-state index in [0.29, 0.717) is 0 Å². The molecule has 4 aromatic rings. The van der Waals surface area contributed by atoms with Crippen molar-refractivity contribution in [2.75, 3.05) is 31.8 Å². The minimum Gasteiger partial charge on any atom is -0.387 e. The molecule has 226 valence electrons. The first kappa shape index (κ1) is 28.7. The van der Waals surface area contributed by atoms with Crippen molar-refractivity contribution >= 4 is 41.8 Å². The molecule has 5 unspecified atom stereocenters. The SMILES string of the molecule is COC[C@H]1O[C@@H](n2cnc3c(N)ncnc32)C(O)C1OP(=O)(O)OC[C@H]1O[C@@H](n2cnc3c(N)ncnc32)C(O)C1O. The van der Waals surface area contributed by atoms with Crippen LogP contribution in [0.4, 0.5) is 11.6 Å². The maximum atomic E-state index is 13.0. The van der Waals surface area contributed by atoms with Gasteiger partial charge in [-0.2, -0.15) is 0 Å². The third kappa shape index (κ3) is 4.96. The maximum absolute atomic E-state index is 13.0. The van der Waals surface area contributed by atoms with E-state index >= 15 is 0 Å². The Bertz CT molecular complexity index is 1640. The van der Waals surface area contributed by atoms with Crippen molar-refractivity contribution in [2.45, 2.75) is 49.1 Å². The number of methoxy groups -OCH3 is 1. The Labute approximate surface area is 235 Å². The zero-order valence-corrected chi connectivity index (χ0v) is 22.7. The maximum Gasteiger partial charge on any atom is 0.472 e. The van der Waals surface area contributed by atoms with Crippen LogP contribution >= 0.6 is 7.82 Å². The normalized spacial score (nSPS) is 31.3. The van der Waals surface area contributed by atoms with E-state index in [4.69, 9.17) is 34.7 Å². The van der Waals surface area contributed by atoms with Gasteiger partial charge in [0.05, 0.1) is 25.9 Å². The molecule has 0 spiro atoms. The van der Waals surface area contributed by atoms with E-state index < -0.39 is 63.5 Å². The predicted octanol–water partition coefficient (Wildman–Crippen LogP) is -2.14. The number of hydrogen-bond donors (Lipinski definition) is 6. The molecule has 0 bridgehead atoms. The van der Waals surface area contributed by atoms with E-state index in [1.54, 1.807) is 0 Å². The Morgan fingerprint density at radius 2 is 1.38 bits per heavy atom. The number of nitrogens with zero attached hydrogens (tertiary/aromatic N) is 8. The molecule has 2 aliphatic heterocycles. The molecule has 8 N–H and O–H groups in total. The summed E-state index contributed by atoms with van der Waals surface area (Å²) in [4.78, 5) is 34.7. The van der Waals surface area contributed by atoms with Crippen LogP contribution in [0, 0.1) is 0 Å². The largest absolute Gasteiger partial charge is 0.472 e. The number of nitrogens with two attached hydrogens (primary N) is 2. The van der Waals surface area contributed by atoms with E-state index in [-0.39, 0.29) is 40.6 Å². The Hall–Kier alpha value is -3.43.